The summed E-state index contributed by atoms with van der Waals surface area (Å²) in [6, 6.07) is 14.9. The molecule has 0 amide bonds. The average molecular weight is 414 g/mol. The van der Waals surface area contributed by atoms with Crippen molar-refractivity contribution in [1.29, 1.82) is 0 Å². The number of ether oxygens (including phenoxy) is 1. The van der Waals surface area contributed by atoms with Gasteiger partial charge in [0.15, 0.2) is 0 Å². The van der Waals surface area contributed by atoms with E-state index in [0.717, 1.165) is 35.6 Å². The second kappa shape index (κ2) is 10.3. The fraction of sp³-hybridized carbons (Fsp3) is 0.364. The van der Waals surface area contributed by atoms with Crippen LogP contribution < -0.4 is 4.74 Å². The van der Waals surface area contributed by atoms with Gasteiger partial charge in [-0.15, -0.1) is 22.0 Å². The highest BCUT2D eigenvalue weighted by molar-refractivity contribution is 7.99. The summed E-state index contributed by atoms with van der Waals surface area (Å²) in [5.74, 6) is 2.85. The van der Waals surface area contributed by atoms with Crippen LogP contribution in [0.15, 0.2) is 52.9 Å². The Hall–Kier alpha value is -2.51. The molecule has 0 fully saturated rings. The van der Waals surface area contributed by atoms with E-state index in [9.17, 15) is 5.11 Å². The highest BCUT2D eigenvalue weighted by atomic mass is 32.2. The zero-order valence-corrected chi connectivity index (χ0v) is 17.9. The van der Waals surface area contributed by atoms with Crippen LogP contribution in [-0.2, 0) is 0 Å². The van der Waals surface area contributed by atoms with Crippen molar-refractivity contribution in [3.63, 3.8) is 0 Å². The normalized spacial score (nSPS) is 12.3. The highest BCUT2D eigenvalue weighted by Gasteiger charge is 2.23. The SMILES string of the molecule is CCSC(c1nnc(-c2ccc(OCCCN(C)C)cc2)o1)c1ccccc1O. The first-order valence-corrected chi connectivity index (χ1v) is 10.7. The molecule has 0 aliphatic carbocycles. The molecule has 154 valence electrons. The second-order valence-corrected chi connectivity index (χ2v) is 8.25. The number of thioether (sulfide) groups is 1. The summed E-state index contributed by atoms with van der Waals surface area (Å²) in [6.07, 6.45) is 0.977. The number of para-hydroxylation sites is 1. The van der Waals surface area contributed by atoms with Gasteiger partial charge >= 0.3 is 0 Å². The maximum Gasteiger partial charge on any atom is 0.247 e. The van der Waals surface area contributed by atoms with Crippen LogP contribution in [0.3, 0.4) is 0 Å². The number of phenolic OH excluding ortho intramolecular Hbond substituents is 1. The molecule has 1 unspecified atom stereocenters. The van der Waals surface area contributed by atoms with Crippen LogP contribution in [0.4, 0.5) is 0 Å². The minimum Gasteiger partial charge on any atom is -0.508 e. The second-order valence-electron chi connectivity index (χ2n) is 6.87. The predicted octanol–water partition coefficient (Wildman–Crippen LogP) is 4.62. The van der Waals surface area contributed by atoms with E-state index in [0.29, 0.717) is 18.4 Å². The number of phenols is 1. The summed E-state index contributed by atoms with van der Waals surface area (Å²) in [4.78, 5) is 2.14. The monoisotopic (exact) mass is 413 g/mol. The maximum absolute atomic E-state index is 10.2. The van der Waals surface area contributed by atoms with Gasteiger partial charge in [-0.25, -0.2) is 0 Å². The summed E-state index contributed by atoms with van der Waals surface area (Å²) in [5.41, 5.74) is 1.61. The Morgan fingerprint density at radius 2 is 1.86 bits per heavy atom. The summed E-state index contributed by atoms with van der Waals surface area (Å²) in [7, 11) is 4.10. The molecular weight excluding hydrogens is 386 g/mol. The van der Waals surface area contributed by atoms with Gasteiger partial charge in [-0.05, 0) is 56.6 Å². The zero-order valence-electron chi connectivity index (χ0n) is 17.0. The van der Waals surface area contributed by atoms with E-state index in [4.69, 9.17) is 9.15 Å². The summed E-state index contributed by atoms with van der Waals surface area (Å²) < 4.78 is 11.7. The summed E-state index contributed by atoms with van der Waals surface area (Å²) in [5, 5.41) is 18.5. The van der Waals surface area contributed by atoms with Gasteiger partial charge in [0.2, 0.25) is 11.8 Å². The molecule has 0 aliphatic heterocycles. The van der Waals surface area contributed by atoms with Crippen molar-refractivity contribution in [2.45, 2.75) is 18.6 Å². The van der Waals surface area contributed by atoms with Crippen molar-refractivity contribution in [2.75, 3.05) is 33.0 Å². The molecule has 7 heteroatoms. The first kappa shape index (κ1) is 21.2. The summed E-state index contributed by atoms with van der Waals surface area (Å²) >= 11 is 1.64. The molecule has 1 heterocycles. The number of aromatic hydroxyl groups is 1. The molecule has 6 nitrogen and oxygen atoms in total. The van der Waals surface area contributed by atoms with Gasteiger partial charge in [-0.3, -0.25) is 0 Å². The molecule has 3 aromatic rings. The lowest BCUT2D eigenvalue weighted by Gasteiger charge is -2.13. The standard InChI is InChI=1S/C22H27N3O3S/c1-4-29-20(18-8-5-6-9-19(18)26)22-24-23-21(28-22)16-10-12-17(13-11-16)27-15-7-14-25(2)3/h5-6,8-13,20,26H,4,7,14-15H2,1-3H3. The van der Waals surface area contributed by atoms with Crippen LogP contribution in [-0.4, -0.2) is 53.2 Å². The largest absolute Gasteiger partial charge is 0.508 e. The number of nitrogens with zero attached hydrogens (tertiary/aromatic N) is 3. The van der Waals surface area contributed by atoms with Crippen LogP contribution >= 0.6 is 11.8 Å². The molecule has 29 heavy (non-hydrogen) atoms. The lowest BCUT2D eigenvalue weighted by atomic mass is 10.1. The smallest absolute Gasteiger partial charge is 0.247 e. The van der Waals surface area contributed by atoms with E-state index in [1.165, 1.54) is 0 Å². The first-order chi connectivity index (χ1) is 14.1. The van der Waals surface area contributed by atoms with Crippen molar-refractivity contribution in [1.82, 2.24) is 15.1 Å². The Kier molecular flexibility index (Phi) is 7.55. The third kappa shape index (κ3) is 5.74. The molecule has 2 aromatic carbocycles. The van der Waals surface area contributed by atoms with Gasteiger partial charge < -0.3 is 19.2 Å². The molecule has 0 radical (unpaired) electrons. The van der Waals surface area contributed by atoms with Crippen molar-refractivity contribution < 1.29 is 14.3 Å². The van der Waals surface area contributed by atoms with Crippen LogP contribution in [0.1, 0.15) is 30.0 Å². The van der Waals surface area contributed by atoms with Gasteiger partial charge in [0.05, 0.1) is 6.61 Å². The van der Waals surface area contributed by atoms with Crippen molar-refractivity contribution in [3.8, 4) is 23.0 Å². The van der Waals surface area contributed by atoms with Crippen molar-refractivity contribution >= 4 is 11.8 Å². The molecule has 1 N–H and O–H groups in total. The molecule has 0 saturated carbocycles. The summed E-state index contributed by atoms with van der Waals surface area (Å²) in [6.45, 7) is 3.74. The van der Waals surface area contributed by atoms with E-state index in [1.54, 1.807) is 23.9 Å². The molecule has 3 rings (SSSR count). The van der Waals surface area contributed by atoms with Crippen LogP contribution in [0.5, 0.6) is 11.5 Å². The van der Waals surface area contributed by atoms with Crippen LogP contribution in [0, 0.1) is 0 Å². The zero-order chi connectivity index (χ0) is 20.6. The van der Waals surface area contributed by atoms with Gasteiger partial charge in [0.25, 0.3) is 0 Å². The topological polar surface area (TPSA) is 71.6 Å². The first-order valence-electron chi connectivity index (χ1n) is 9.69. The van der Waals surface area contributed by atoms with Gasteiger partial charge in [-0.1, -0.05) is 25.1 Å². The fourth-order valence-electron chi connectivity index (χ4n) is 2.89. The Bertz CT molecular complexity index is 896. The predicted molar refractivity (Wildman–Crippen MR) is 116 cm³/mol. The molecule has 0 spiro atoms. The third-order valence-electron chi connectivity index (χ3n) is 4.34. The number of aromatic nitrogens is 2. The quantitative estimate of drug-likeness (QED) is 0.486. The molecule has 1 aromatic heterocycles. The van der Waals surface area contributed by atoms with Crippen LogP contribution in [0.25, 0.3) is 11.5 Å². The van der Waals surface area contributed by atoms with Crippen molar-refractivity contribution in [3.05, 3.63) is 60.0 Å². The molecule has 0 bridgehead atoms. The lowest BCUT2D eigenvalue weighted by Crippen LogP contribution is -2.15. The van der Waals surface area contributed by atoms with Gasteiger partial charge in [0, 0.05) is 17.7 Å². The Morgan fingerprint density at radius 3 is 2.55 bits per heavy atom. The Labute approximate surface area is 175 Å². The third-order valence-corrected chi connectivity index (χ3v) is 5.46. The number of hydrogen-bond donors (Lipinski definition) is 1. The van der Waals surface area contributed by atoms with E-state index in [-0.39, 0.29) is 11.0 Å². The Balaban J connectivity index is 1.70. The molecule has 0 aliphatic rings. The molecule has 1 atom stereocenters. The number of hydrogen-bond acceptors (Lipinski definition) is 7. The van der Waals surface area contributed by atoms with E-state index in [2.05, 4.69) is 36.1 Å². The fourth-order valence-corrected chi connectivity index (χ4v) is 3.84. The molecule has 0 saturated heterocycles. The van der Waals surface area contributed by atoms with Crippen molar-refractivity contribution in [2.24, 2.45) is 0 Å². The maximum atomic E-state index is 10.2. The number of rotatable bonds is 10. The van der Waals surface area contributed by atoms with Gasteiger partial charge in [0.1, 0.15) is 16.7 Å². The number of benzene rings is 2. The van der Waals surface area contributed by atoms with E-state index in [1.807, 2.05) is 36.4 Å². The average Bonchev–Trinajstić information content (AvgIpc) is 3.20. The van der Waals surface area contributed by atoms with E-state index >= 15 is 0 Å². The van der Waals surface area contributed by atoms with E-state index < -0.39 is 0 Å². The minimum atomic E-state index is -0.207. The van der Waals surface area contributed by atoms with Gasteiger partial charge in [-0.2, -0.15) is 0 Å². The Morgan fingerprint density at radius 1 is 1.10 bits per heavy atom. The molecular formula is C22H27N3O3S. The van der Waals surface area contributed by atoms with Crippen LogP contribution in [0.2, 0.25) is 0 Å². The highest BCUT2D eigenvalue weighted by Crippen LogP contribution is 2.39. The lowest BCUT2D eigenvalue weighted by molar-refractivity contribution is 0.281. The minimum absolute atomic E-state index is 0.207.